The van der Waals surface area contributed by atoms with Crippen LogP contribution in [0.25, 0.3) is 0 Å². The molecule has 6 nitrogen and oxygen atoms in total. The molecule has 1 aromatic heterocycles. The van der Waals surface area contributed by atoms with Crippen LogP contribution in [0.5, 0.6) is 5.75 Å². The maximum absolute atomic E-state index is 11.8. The van der Waals surface area contributed by atoms with E-state index in [1.54, 1.807) is 4.68 Å². The van der Waals surface area contributed by atoms with Gasteiger partial charge >= 0.3 is 0 Å². The maximum atomic E-state index is 11.8. The number of fused-ring (bicyclic) bond motifs is 1. The summed E-state index contributed by atoms with van der Waals surface area (Å²) in [4.78, 5) is 15.9. The van der Waals surface area contributed by atoms with Crippen LogP contribution in [-0.2, 0) is 4.79 Å². The van der Waals surface area contributed by atoms with Crippen molar-refractivity contribution in [1.29, 1.82) is 0 Å². The second-order valence-electron chi connectivity index (χ2n) is 4.47. The molecule has 0 saturated heterocycles. The molecular formula is C14H11BrN4O2. The van der Waals surface area contributed by atoms with Crippen LogP contribution in [0.3, 0.4) is 0 Å². The zero-order valence-electron chi connectivity index (χ0n) is 10.9. The third kappa shape index (κ3) is 2.62. The second-order valence-corrected chi connectivity index (χ2v) is 5.39. The highest BCUT2D eigenvalue weighted by molar-refractivity contribution is 9.10. The summed E-state index contributed by atoms with van der Waals surface area (Å²) in [6.07, 6.45) is 6.91. The Bertz CT molecular complexity index is 735. The number of carbonyl (C=O) groups excluding carboxylic acids is 1. The molecule has 0 spiro atoms. The highest BCUT2D eigenvalue weighted by Crippen LogP contribution is 2.35. The molecular weight excluding hydrogens is 336 g/mol. The number of nitrogens with one attached hydrogen (secondary N) is 1. The molecule has 0 fully saturated rings. The van der Waals surface area contributed by atoms with Crippen LogP contribution in [-0.4, -0.2) is 27.3 Å². The fourth-order valence-corrected chi connectivity index (χ4v) is 2.66. The number of hydrogen-bond acceptors (Lipinski definition) is 4. The van der Waals surface area contributed by atoms with E-state index in [0.29, 0.717) is 11.7 Å². The monoisotopic (exact) mass is 346 g/mol. The van der Waals surface area contributed by atoms with E-state index < -0.39 is 0 Å². The molecule has 21 heavy (non-hydrogen) atoms. The van der Waals surface area contributed by atoms with E-state index in [1.165, 1.54) is 6.33 Å². The highest BCUT2D eigenvalue weighted by atomic mass is 79.9. The Hall–Kier alpha value is -2.33. The van der Waals surface area contributed by atoms with E-state index in [-0.39, 0.29) is 25.0 Å². The molecule has 1 N–H and O–H groups in total. The van der Waals surface area contributed by atoms with Gasteiger partial charge in [0.25, 0.3) is 0 Å². The van der Waals surface area contributed by atoms with Gasteiger partial charge in [0, 0.05) is 10.0 Å². The summed E-state index contributed by atoms with van der Waals surface area (Å²) in [7, 11) is 0. The minimum atomic E-state index is -0.276. The van der Waals surface area contributed by atoms with Crippen LogP contribution >= 0.6 is 15.9 Å². The molecule has 0 radical (unpaired) electrons. The molecule has 7 heteroatoms. The van der Waals surface area contributed by atoms with Gasteiger partial charge in [-0.3, -0.25) is 10.1 Å². The first kappa shape index (κ1) is 13.6. The van der Waals surface area contributed by atoms with Crippen LogP contribution in [0.2, 0.25) is 0 Å². The lowest BCUT2D eigenvalue weighted by Gasteiger charge is -2.25. The van der Waals surface area contributed by atoms with Gasteiger partial charge in [-0.15, -0.1) is 6.42 Å². The summed E-state index contributed by atoms with van der Waals surface area (Å²) >= 11 is 3.44. The maximum Gasteiger partial charge on any atom is 0.229 e. The van der Waals surface area contributed by atoms with E-state index in [1.807, 2.05) is 18.2 Å². The molecule has 0 bridgehead atoms. The average molecular weight is 347 g/mol. The fourth-order valence-electron chi connectivity index (χ4n) is 2.28. The Kier molecular flexibility index (Phi) is 3.62. The van der Waals surface area contributed by atoms with Gasteiger partial charge in [-0.25, -0.2) is 4.68 Å². The fraction of sp³-hybridized carbons (Fsp3) is 0.214. The molecule has 1 aliphatic heterocycles. The second kappa shape index (κ2) is 5.58. The number of nitrogens with zero attached hydrogens (tertiary/aromatic N) is 3. The van der Waals surface area contributed by atoms with Crippen LogP contribution in [0, 0.1) is 12.3 Å². The lowest BCUT2D eigenvalue weighted by molar-refractivity contribution is -0.117. The van der Waals surface area contributed by atoms with Gasteiger partial charge in [-0.05, 0) is 18.2 Å². The summed E-state index contributed by atoms with van der Waals surface area (Å²) in [5.41, 5.74) is 0.834. The van der Waals surface area contributed by atoms with Gasteiger partial charge in [0.15, 0.2) is 0 Å². The molecule has 1 aromatic carbocycles. The SMILES string of the molecule is C#CCOc1ccc(Br)cc1[C@H]1CC(=O)Nc2ncnn21. The molecule has 1 aliphatic rings. The van der Waals surface area contributed by atoms with E-state index in [2.05, 4.69) is 37.2 Å². The first-order valence-corrected chi connectivity index (χ1v) is 7.03. The predicted octanol–water partition coefficient (Wildman–Crippen LogP) is 1.98. The van der Waals surface area contributed by atoms with Gasteiger partial charge in [0.1, 0.15) is 18.7 Å². The summed E-state index contributed by atoms with van der Waals surface area (Å²) < 4.78 is 8.13. The Morgan fingerprint density at radius 1 is 1.57 bits per heavy atom. The van der Waals surface area contributed by atoms with Gasteiger partial charge in [-0.2, -0.15) is 10.1 Å². The van der Waals surface area contributed by atoms with Crippen molar-refractivity contribution in [3.05, 3.63) is 34.6 Å². The molecule has 2 aromatic rings. The van der Waals surface area contributed by atoms with Crippen molar-refractivity contribution < 1.29 is 9.53 Å². The largest absolute Gasteiger partial charge is 0.481 e. The number of carbonyl (C=O) groups is 1. The molecule has 1 atom stereocenters. The Morgan fingerprint density at radius 2 is 2.43 bits per heavy atom. The lowest BCUT2D eigenvalue weighted by Crippen LogP contribution is -2.29. The summed E-state index contributed by atoms with van der Waals surface area (Å²) in [6, 6.07) is 5.31. The van der Waals surface area contributed by atoms with Crippen molar-refractivity contribution in [2.45, 2.75) is 12.5 Å². The van der Waals surface area contributed by atoms with Crippen LogP contribution in [0.15, 0.2) is 29.0 Å². The smallest absolute Gasteiger partial charge is 0.229 e. The quantitative estimate of drug-likeness (QED) is 0.863. The number of hydrogen-bond donors (Lipinski definition) is 1. The normalized spacial score (nSPS) is 16.8. The van der Waals surface area contributed by atoms with Gasteiger partial charge < -0.3 is 4.74 Å². The van der Waals surface area contributed by atoms with Crippen molar-refractivity contribution in [3.8, 4) is 18.1 Å². The molecule has 0 saturated carbocycles. The van der Waals surface area contributed by atoms with E-state index >= 15 is 0 Å². The molecule has 3 rings (SSSR count). The number of terminal acetylenes is 1. The molecule has 0 unspecified atom stereocenters. The van der Waals surface area contributed by atoms with Crippen LogP contribution in [0.4, 0.5) is 5.95 Å². The Labute approximate surface area is 129 Å². The molecule has 2 heterocycles. The summed E-state index contributed by atoms with van der Waals surface area (Å²) in [6.45, 7) is 0.164. The highest BCUT2D eigenvalue weighted by Gasteiger charge is 2.29. The third-order valence-corrected chi connectivity index (χ3v) is 3.63. The first-order valence-electron chi connectivity index (χ1n) is 6.24. The third-order valence-electron chi connectivity index (χ3n) is 3.14. The zero-order valence-corrected chi connectivity index (χ0v) is 12.5. The topological polar surface area (TPSA) is 69.0 Å². The summed E-state index contributed by atoms with van der Waals surface area (Å²) in [5, 5.41) is 6.86. The predicted molar refractivity (Wildman–Crippen MR) is 79.9 cm³/mol. The van der Waals surface area contributed by atoms with Crippen molar-refractivity contribution in [2.75, 3.05) is 11.9 Å². The zero-order chi connectivity index (χ0) is 14.8. The minimum Gasteiger partial charge on any atom is -0.481 e. The van der Waals surface area contributed by atoms with Gasteiger partial charge in [-0.1, -0.05) is 21.9 Å². The average Bonchev–Trinajstić information content (AvgIpc) is 2.93. The van der Waals surface area contributed by atoms with Crippen molar-refractivity contribution in [2.24, 2.45) is 0 Å². The first-order chi connectivity index (χ1) is 10.2. The van der Waals surface area contributed by atoms with Crippen molar-refractivity contribution in [1.82, 2.24) is 14.8 Å². The molecule has 0 aliphatic carbocycles. The van der Waals surface area contributed by atoms with Crippen molar-refractivity contribution in [3.63, 3.8) is 0 Å². The van der Waals surface area contributed by atoms with Gasteiger partial charge in [0.05, 0.1) is 12.5 Å². The van der Waals surface area contributed by atoms with Crippen LogP contribution in [0.1, 0.15) is 18.0 Å². The number of benzene rings is 1. The number of halogens is 1. The van der Waals surface area contributed by atoms with Crippen LogP contribution < -0.4 is 10.1 Å². The molecule has 106 valence electrons. The Balaban J connectivity index is 2.06. The number of aromatic nitrogens is 3. The summed E-state index contributed by atoms with van der Waals surface area (Å²) in [5.74, 6) is 3.39. The Morgan fingerprint density at radius 3 is 3.24 bits per heavy atom. The van der Waals surface area contributed by atoms with E-state index in [4.69, 9.17) is 11.2 Å². The standard InChI is InChI=1S/C14H11BrN4O2/c1-2-5-21-12-4-3-9(15)6-10(12)11-7-13(20)18-14-16-8-17-19(11)14/h1,3-4,6,8,11H,5,7H2,(H,16,17,18,20)/t11-/m1/s1. The number of ether oxygens (including phenoxy) is 1. The molecule has 1 amide bonds. The minimum absolute atomic E-state index is 0.108. The number of amides is 1. The number of rotatable bonds is 3. The van der Waals surface area contributed by atoms with Crippen molar-refractivity contribution >= 4 is 27.8 Å². The van der Waals surface area contributed by atoms with Gasteiger partial charge in [0.2, 0.25) is 11.9 Å². The van der Waals surface area contributed by atoms with E-state index in [9.17, 15) is 4.79 Å². The lowest BCUT2D eigenvalue weighted by atomic mass is 10.0. The van der Waals surface area contributed by atoms with E-state index in [0.717, 1.165) is 10.0 Å². The number of anilines is 1.